The van der Waals surface area contributed by atoms with Gasteiger partial charge in [0.15, 0.2) is 10.6 Å². The van der Waals surface area contributed by atoms with Gasteiger partial charge in [-0.2, -0.15) is 5.10 Å². The Morgan fingerprint density at radius 2 is 1.76 bits per heavy atom. The van der Waals surface area contributed by atoms with Gasteiger partial charge in [0, 0.05) is 22.0 Å². The summed E-state index contributed by atoms with van der Waals surface area (Å²) in [5, 5.41) is 10.2. The Bertz CT molecular complexity index is 1170. The van der Waals surface area contributed by atoms with Gasteiger partial charge in [0.25, 0.3) is 0 Å². The zero-order valence-electron chi connectivity index (χ0n) is 15.3. The van der Waals surface area contributed by atoms with Crippen molar-refractivity contribution in [3.05, 3.63) is 58.3 Å². The van der Waals surface area contributed by atoms with Crippen LogP contribution in [0.3, 0.4) is 0 Å². The van der Waals surface area contributed by atoms with Gasteiger partial charge in [-0.1, -0.05) is 11.6 Å². The number of carbonyl (C=O) groups excluding carboxylic acids is 1. The molecule has 0 aliphatic heterocycles. The van der Waals surface area contributed by atoms with Crippen molar-refractivity contribution in [3.63, 3.8) is 0 Å². The molecular formula is C18H18ClN5O3S2. The van der Waals surface area contributed by atoms with Gasteiger partial charge in [-0.05, 0) is 67.7 Å². The van der Waals surface area contributed by atoms with Crippen molar-refractivity contribution < 1.29 is 13.2 Å². The molecule has 0 aliphatic carbocycles. The standard InChI is InChI=1S/C18H18ClN5O3S2/c1-2-29(26,27)23-15-9-7-14(8-10-15)20-16(25)11-24-17(21-22-18(24)28)12-3-5-13(19)6-4-12/h3-10,23H,2,11H2,1H3,(H,20,25)(H,22,28). The van der Waals surface area contributed by atoms with Crippen molar-refractivity contribution in [2.24, 2.45) is 0 Å². The first-order valence-corrected chi connectivity index (χ1v) is 11.0. The highest BCUT2D eigenvalue weighted by Crippen LogP contribution is 2.20. The maximum atomic E-state index is 12.5. The number of hydrogen-bond donors (Lipinski definition) is 3. The van der Waals surface area contributed by atoms with Gasteiger partial charge in [-0.3, -0.25) is 19.2 Å². The predicted molar refractivity (Wildman–Crippen MR) is 116 cm³/mol. The van der Waals surface area contributed by atoms with E-state index in [0.29, 0.717) is 27.0 Å². The highest BCUT2D eigenvalue weighted by atomic mass is 35.5. The molecule has 3 N–H and O–H groups in total. The number of nitrogens with one attached hydrogen (secondary N) is 3. The monoisotopic (exact) mass is 451 g/mol. The van der Waals surface area contributed by atoms with Crippen LogP contribution in [0.4, 0.5) is 11.4 Å². The van der Waals surface area contributed by atoms with Crippen molar-refractivity contribution in [1.82, 2.24) is 14.8 Å². The molecule has 0 saturated heterocycles. The molecular weight excluding hydrogens is 434 g/mol. The molecule has 0 spiro atoms. The Hall–Kier alpha value is -2.69. The highest BCUT2D eigenvalue weighted by molar-refractivity contribution is 7.92. The first kappa shape index (κ1) is 21.0. The zero-order valence-corrected chi connectivity index (χ0v) is 17.7. The molecule has 1 amide bonds. The molecule has 11 heteroatoms. The SMILES string of the molecule is CCS(=O)(=O)Nc1ccc(NC(=O)Cn2c(-c3ccc(Cl)cc3)n[nH]c2=S)cc1. The van der Waals surface area contributed by atoms with Crippen molar-refractivity contribution in [2.75, 3.05) is 15.8 Å². The van der Waals surface area contributed by atoms with Crippen LogP contribution in [0.15, 0.2) is 48.5 Å². The summed E-state index contributed by atoms with van der Waals surface area (Å²) in [6.07, 6.45) is 0. The first-order valence-electron chi connectivity index (χ1n) is 8.59. The van der Waals surface area contributed by atoms with Gasteiger partial charge in [0.1, 0.15) is 6.54 Å². The fraction of sp³-hybridized carbons (Fsp3) is 0.167. The molecule has 1 aromatic heterocycles. The molecule has 0 fully saturated rings. The summed E-state index contributed by atoms with van der Waals surface area (Å²) in [6.45, 7) is 1.51. The number of sulfonamides is 1. The van der Waals surface area contributed by atoms with E-state index in [4.69, 9.17) is 23.8 Å². The molecule has 3 rings (SSSR count). The molecule has 1 heterocycles. The molecule has 0 bridgehead atoms. The predicted octanol–water partition coefficient (Wildman–Crippen LogP) is 3.66. The van der Waals surface area contributed by atoms with Gasteiger partial charge in [-0.25, -0.2) is 8.42 Å². The Balaban J connectivity index is 1.71. The minimum atomic E-state index is -3.35. The first-order chi connectivity index (χ1) is 13.8. The van der Waals surface area contributed by atoms with Crippen LogP contribution < -0.4 is 10.0 Å². The summed E-state index contributed by atoms with van der Waals surface area (Å²) >= 11 is 11.2. The molecule has 0 aliphatic rings. The van der Waals surface area contributed by atoms with Crippen LogP contribution in [0.2, 0.25) is 5.02 Å². The van der Waals surface area contributed by atoms with Gasteiger partial charge < -0.3 is 5.32 Å². The van der Waals surface area contributed by atoms with Gasteiger partial charge >= 0.3 is 0 Å². The molecule has 3 aromatic rings. The smallest absolute Gasteiger partial charge is 0.244 e. The van der Waals surface area contributed by atoms with Crippen molar-refractivity contribution >= 4 is 51.1 Å². The summed E-state index contributed by atoms with van der Waals surface area (Å²) in [7, 11) is -3.35. The number of amides is 1. The molecule has 8 nitrogen and oxygen atoms in total. The number of rotatable bonds is 7. The van der Waals surface area contributed by atoms with E-state index in [1.165, 1.54) is 0 Å². The number of benzene rings is 2. The average molecular weight is 452 g/mol. The van der Waals surface area contributed by atoms with Crippen molar-refractivity contribution in [1.29, 1.82) is 0 Å². The topological polar surface area (TPSA) is 109 Å². The van der Waals surface area contributed by atoms with Crippen LogP contribution in [0.1, 0.15) is 6.92 Å². The number of aromatic nitrogens is 3. The van der Waals surface area contributed by atoms with Crippen molar-refractivity contribution in [3.8, 4) is 11.4 Å². The normalized spacial score (nSPS) is 11.2. The fourth-order valence-electron chi connectivity index (χ4n) is 2.50. The molecule has 0 radical (unpaired) electrons. The summed E-state index contributed by atoms with van der Waals surface area (Å²) in [5.74, 6) is 0.193. The van der Waals surface area contributed by atoms with Crippen LogP contribution in [0.5, 0.6) is 0 Å². The Kier molecular flexibility index (Phi) is 6.36. The van der Waals surface area contributed by atoms with Crippen molar-refractivity contribution in [2.45, 2.75) is 13.5 Å². The number of hydrogen-bond acceptors (Lipinski definition) is 5. The largest absolute Gasteiger partial charge is 0.325 e. The number of halogens is 1. The molecule has 0 atom stereocenters. The minimum Gasteiger partial charge on any atom is -0.325 e. The highest BCUT2D eigenvalue weighted by Gasteiger charge is 2.13. The average Bonchev–Trinajstić information content (AvgIpc) is 3.04. The third kappa shape index (κ3) is 5.43. The molecule has 0 saturated carbocycles. The zero-order chi connectivity index (χ0) is 21.0. The number of aromatic amines is 1. The number of carbonyl (C=O) groups is 1. The Morgan fingerprint density at radius 3 is 2.38 bits per heavy atom. The maximum Gasteiger partial charge on any atom is 0.244 e. The fourth-order valence-corrected chi connectivity index (χ4v) is 3.46. The summed E-state index contributed by atoms with van der Waals surface area (Å²) in [5.41, 5.74) is 1.71. The number of nitrogens with zero attached hydrogens (tertiary/aromatic N) is 2. The van der Waals surface area contributed by atoms with E-state index in [2.05, 4.69) is 20.2 Å². The summed E-state index contributed by atoms with van der Waals surface area (Å²) in [4.78, 5) is 12.5. The van der Waals surface area contributed by atoms with Crippen LogP contribution in [-0.4, -0.2) is 34.8 Å². The quantitative estimate of drug-likeness (QED) is 0.475. The second-order valence-corrected chi connectivity index (χ2v) is 8.91. The number of anilines is 2. The van der Waals surface area contributed by atoms with Gasteiger partial charge in [0.05, 0.1) is 5.75 Å². The Morgan fingerprint density at radius 1 is 1.14 bits per heavy atom. The third-order valence-electron chi connectivity index (χ3n) is 3.98. The van der Waals surface area contributed by atoms with E-state index in [0.717, 1.165) is 5.56 Å². The maximum absolute atomic E-state index is 12.5. The van der Waals surface area contributed by atoms with Crippen LogP contribution >= 0.6 is 23.8 Å². The lowest BCUT2D eigenvalue weighted by atomic mass is 10.2. The number of H-pyrrole nitrogens is 1. The molecule has 152 valence electrons. The van der Waals surface area contributed by atoms with Gasteiger partial charge in [-0.15, -0.1) is 0 Å². The van der Waals surface area contributed by atoms with E-state index in [9.17, 15) is 13.2 Å². The lowest BCUT2D eigenvalue weighted by Crippen LogP contribution is -2.19. The Labute approximate surface area is 178 Å². The minimum absolute atomic E-state index is 0.0211. The molecule has 0 unspecified atom stereocenters. The van der Waals surface area contributed by atoms with E-state index in [1.807, 2.05) is 0 Å². The molecule has 2 aromatic carbocycles. The van der Waals surface area contributed by atoms with Crippen LogP contribution in [0, 0.1) is 4.77 Å². The third-order valence-corrected chi connectivity index (χ3v) is 5.85. The molecule has 29 heavy (non-hydrogen) atoms. The van der Waals surface area contributed by atoms with E-state index < -0.39 is 10.0 Å². The summed E-state index contributed by atoms with van der Waals surface area (Å²) in [6, 6.07) is 13.4. The lowest BCUT2D eigenvalue weighted by molar-refractivity contribution is -0.116. The van der Waals surface area contributed by atoms with Gasteiger partial charge in [0.2, 0.25) is 15.9 Å². The van der Waals surface area contributed by atoms with Crippen LogP contribution in [-0.2, 0) is 21.4 Å². The second kappa shape index (κ2) is 8.76. The summed E-state index contributed by atoms with van der Waals surface area (Å²) < 4.78 is 27.5. The van der Waals surface area contributed by atoms with E-state index in [-0.39, 0.29) is 18.2 Å². The second-order valence-electron chi connectivity index (χ2n) is 6.08. The van der Waals surface area contributed by atoms with Crippen LogP contribution in [0.25, 0.3) is 11.4 Å². The van der Waals surface area contributed by atoms with E-state index in [1.54, 1.807) is 60.0 Å². The van der Waals surface area contributed by atoms with E-state index >= 15 is 0 Å². The lowest BCUT2D eigenvalue weighted by Gasteiger charge is -2.10.